The Morgan fingerprint density at radius 2 is 2.06 bits per heavy atom. The van der Waals surface area contributed by atoms with Crippen LogP contribution in [0, 0.1) is 0 Å². The molecule has 0 radical (unpaired) electrons. The Bertz CT molecular complexity index is 245. The Labute approximate surface area is 104 Å². The summed E-state index contributed by atoms with van der Waals surface area (Å²) in [5, 5.41) is 6.26. The fraction of sp³-hybridized carbons (Fsp3) is 0.923. The first-order valence-corrected chi connectivity index (χ1v) is 6.98. The van der Waals surface area contributed by atoms with E-state index in [0.717, 1.165) is 38.5 Å². The lowest BCUT2D eigenvalue weighted by atomic mass is 10.2. The molecule has 0 aromatic carbocycles. The van der Waals surface area contributed by atoms with Crippen molar-refractivity contribution in [1.82, 2.24) is 15.5 Å². The van der Waals surface area contributed by atoms with Crippen LogP contribution in [-0.2, 0) is 4.79 Å². The van der Waals surface area contributed by atoms with Gasteiger partial charge in [0.2, 0.25) is 5.91 Å². The zero-order chi connectivity index (χ0) is 12.1. The lowest BCUT2D eigenvalue weighted by molar-refractivity contribution is -0.122. The summed E-state index contributed by atoms with van der Waals surface area (Å²) in [6, 6.07) is 0.809. The summed E-state index contributed by atoms with van der Waals surface area (Å²) in [5.74, 6) is 0.183. The van der Waals surface area contributed by atoms with E-state index >= 15 is 0 Å². The lowest BCUT2D eigenvalue weighted by Gasteiger charge is -2.24. The highest BCUT2D eigenvalue weighted by Crippen LogP contribution is 2.21. The van der Waals surface area contributed by atoms with E-state index in [0.29, 0.717) is 0 Å². The second-order valence-corrected chi connectivity index (χ2v) is 5.36. The third-order valence-electron chi connectivity index (χ3n) is 4.09. The molecule has 1 saturated heterocycles. The highest BCUT2D eigenvalue weighted by atomic mass is 16.2. The maximum atomic E-state index is 11.8. The topological polar surface area (TPSA) is 44.4 Å². The zero-order valence-corrected chi connectivity index (χ0v) is 10.9. The number of carbonyl (C=O) groups excluding carboxylic acids is 1. The molecule has 4 heteroatoms. The number of hydrogen-bond acceptors (Lipinski definition) is 3. The average Bonchev–Trinajstić information content (AvgIpc) is 3.02. The van der Waals surface area contributed by atoms with Crippen LogP contribution in [0.25, 0.3) is 0 Å². The van der Waals surface area contributed by atoms with Crippen molar-refractivity contribution in [1.29, 1.82) is 0 Å². The predicted octanol–water partition coefficient (Wildman–Crippen LogP) is 0.729. The monoisotopic (exact) mass is 239 g/mol. The van der Waals surface area contributed by atoms with Gasteiger partial charge in [-0.25, -0.2) is 0 Å². The van der Waals surface area contributed by atoms with E-state index in [9.17, 15) is 4.79 Å². The van der Waals surface area contributed by atoms with Gasteiger partial charge in [0, 0.05) is 19.1 Å². The van der Waals surface area contributed by atoms with Crippen LogP contribution in [0.3, 0.4) is 0 Å². The fourth-order valence-electron chi connectivity index (χ4n) is 2.91. The van der Waals surface area contributed by atoms with Crippen molar-refractivity contribution in [2.75, 3.05) is 26.7 Å². The minimum Gasteiger partial charge on any atom is -0.353 e. The maximum absolute atomic E-state index is 11.8. The number of amides is 1. The van der Waals surface area contributed by atoms with Gasteiger partial charge >= 0.3 is 0 Å². The fourth-order valence-corrected chi connectivity index (χ4v) is 2.91. The van der Waals surface area contributed by atoms with Gasteiger partial charge in [-0.15, -0.1) is 0 Å². The molecule has 17 heavy (non-hydrogen) atoms. The Hall–Kier alpha value is -0.610. The minimum atomic E-state index is 0.0618. The van der Waals surface area contributed by atoms with E-state index < -0.39 is 0 Å². The third-order valence-corrected chi connectivity index (χ3v) is 4.09. The number of nitrogens with zero attached hydrogens (tertiary/aromatic N) is 1. The number of nitrogens with one attached hydrogen (secondary N) is 2. The molecule has 0 aromatic heterocycles. The van der Waals surface area contributed by atoms with Crippen LogP contribution in [-0.4, -0.2) is 49.6 Å². The molecule has 0 aromatic rings. The van der Waals surface area contributed by atoms with E-state index in [4.69, 9.17) is 0 Å². The van der Waals surface area contributed by atoms with Crippen LogP contribution in [0.4, 0.5) is 0 Å². The number of carbonyl (C=O) groups is 1. The second kappa shape index (κ2) is 6.36. The SMILES string of the molecule is CN(CCNC(=O)[C@H]1CCCN1)C1CCCC1. The van der Waals surface area contributed by atoms with Crippen molar-refractivity contribution in [3.63, 3.8) is 0 Å². The summed E-state index contributed by atoms with van der Waals surface area (Å²) in [7, 11) is 2.18. The van der Waals surface area contributed by atoms with Crippen LogP contribution < -0.4 is 10.6 Å². The van der Waals surface area contributed by atoms with E-state index in [1.165, 1.54) is 25.7 Å². The van der Waals surface area contributed by atoms with Gasteiger partial charge in [-0.3, -0.25) is 4.79 Å². The van der Waals surface area contributed by atoms with Crippen molar-refractivity contribution in [3.8, 4) is 0 Å². The van der Waals surface area contributed by atoms with E-state index in [2.05, 4.69) is 22.6 Å². The molecular weight excluding hydrogens is 214 g/mol. The molecule has 2 aliphatic rings. The van der Waals surface area contributed by atoms with Crippen LogP contribution in [0.1, 0.15) is 38.5 Å². The summed E-state index contributed by atoms with van der Waals surface area (Å²) in [5.41, 5.74) is 0. The van der Waals surface area contributed by atoms with Gasteiger partial charge in [0.15, 0.2) is 0 Å². The van der Waals surface area contributed by atoms with Gasteiger partial charge in [-0.1, -0.05) is 12.8 Å². The Kier molecular flexibility index (Phi) is 4.80. The van der Waals surface area contributed by atoms with Gasteiger partial charge in [-0.2, -0.15) is 0 Å². The first kappa shape index (κ1) is 12.8. The van der Waals surface area contributed by atoms with Crippen molar-refractivity contribution in [2.24, 2.45) is 0 Å². The second-order valence-electron chi connectivity index (χ2n) is 5.36. The lowest BCUT2D eigenvalue weighted by Crippen LogP contribution is -2.44. The summed E-state index contributed by atoms with van der Waals surface area (Å²) < 4.78 is 0. The summed E-state index contributed by atoms with van der Waals surface area (Å²) >= 11 is 0. The average molecular weight is 239 g/mol. The Morgan fingerprint density at radius 3 is 2.71 bits per heavy atom. The predicted molar refractivity (Wildman–Crippen MR) is 68.9 cm³/mol. The third kappa shape index (κ3) is 3.68. The number of likely N-dealkylation sites (N-methyl/N-ethyl adjacent to an activating group) is 1. The first-order valence-electron chi connectivity index (χ1n) is 6.98. The van der Waals surface area contributed by atoms with Gasteiger partial charge in [0.1, 0.15) is 0 Å². The van der Waals surface area contributed by atoms with Crippen molar-refractivity contribution in [3.05, 3.63) is 0 Å². The minimum absolute atomic E-state index is 0.0618. The quantitative estimate of drug-likeness (QED) is 0.743. The van der Waals surface area contributed by atoms with Crippen molar-refractivity contribution in [2.45, 2.75) is 50.6 Å². The van der Waals surface area contributed by atoms with Gasteiger partial charge in [0.25, 0.3) is 0 Å². The highest BCUT2D eigenvalue weighted by molar-refractivity contribution is 5.81. The molecule has 2 N–H and O–H groups in total. The molecule has 4 nitrogen and oxygen atoms in total. The maximum Gasteiger partial charge on any atom is 0.237 e. The molecule has 1 atom stereocenters. The standard InChI is InChI=1S/C13H25N3O/c1-16(11-5-2-3-6-11)10-9-15-13(17)12-7-4-8-14-12/h11-12,14H,2-10H2,1H3,(H,15,17)/t12-/m1/s1. The van der Waals surface area contributed by atoms with Gasteiger partial charge in [0.05, 0.1) is 6.04 Å². The van der Waals surface area contributed by atoms with Crippen LogP contribution in [0.15, 0.2) is 0 Å². The molecule has 0 spiro atoms. The molecule has 1 aliphatic heterocycles. The van der Waals surface area contributed by atoms with Crippen LogP contribution in [0.2, 0.25) is 0 Å². The smallest absolute Gasteiger partial charge is 0.237 e. The highest BCUT2D eigenvalue weighted by Gasteiger charge is 2.22. The summed E-state index contributed by atoms with van der Waals surface area (Å²) in [6.07, 6.45) is 7.51. The molecule has 98 valence electrons. The van der Waals surface area contributed by atoms with Crippen LogP contribution >= 0.6 is 0 Å². The molecule has 2 rings (SSSR count). The molecule has 2 fully saturated rings. The molecule has 0 bridgehead atoms. The largest absolute Gasteiger partial charge is 0.353 e. The number of rotatable bonds is 5. The van der Waals surface area contributed by atoms with E-state index in [1.807, 2.05) is 0 Å². The normalized spacial score (nSPS) is 25.6. The molecular formula is C13H25N3O. The molecule has 1 amide bonds. The van der Waals surface area contributed by atoms with Crippen molar-refractivity contribution < 1.29 is 4.79 Å². The Balaban J connectivity index is 1.59. The molecule has 1 aliphatic carbocycles. The summed E-state index contributed by atoms with van der Waals surface area (Å²) in [4.78, 5) is 14.2. The Morgan fingerprint density at radius 1 is 1.29 bits per heavy atom. The van der Waals surface area contributed by atoms with E-state index in [-0.39, 0.29) is 11.9 Å². The van der Waals surface area contributed by atoms with Crippen molar-refractivity contribution >= 4 is 5.91 Å². The zero-order valence-electron chi connectivity index (χ0n) is 10.9. The number of hydrogen-bond donors (Lipinski definition) is 2. The molecule has 0 unspecified atom stereocenters. The first-order chi connectivity index (χ1) is 8.27. The van der Waals surface area contributed by atoms with Gasteiger partial charge in [-0.05, 0) is 39.3 Å². The van der Waals surface area contributed by atoms with E-state index in [1.54, 1.807) is 0 Å². The van der Waals surface area contributed by atoms with Crippen LogP contribution in [0.5, 0.6) is 0 Å². The summed E-state index contributed by atoms with van der Waals surface area (Å²) in [6.45, 7) is 2.74. The molecule has 1 saturated carbocycles. The van der Waals surface area contributed by atoms with Gasteiger partial charge < -0.3 is 15.5 Å². The molecule has 1 heterocycles.